The maximum atomic E-state index is 12.9. The Balaban J connectivity index is 3.93. The van der Waals surface area contributed by atoms with E-state index in [1.54, 1.807) is 0 Å². The minimum absolute atomic E-state index is 0.0291. The fourth-order valence-electron chi connectivity index (χ4n) is 12.7. The zero-order valence-corrected chi connectivity index (χ0v) is 68.7. The van der Waals surface area contributed by atoms with Crippen molar-refractivity contribution in [2.24, 2.45) is 0 Å². The summed E-state index contributed by atoms with van der Waals surface area (Å²) in [6.07, 6.45) is 117. The summed E-state index contributed by atoms with van der Waals surface area (Å²) < 4.78 is 34.9. The van der Waals surface area contributed by atoms with Crippen molar-refractivity contribution in [1.29, 1.82) is 0 Å². The van der Waals surface area contributed by atoms with E-state index in [9.17, 15) is 19.0 Å². The lowest BCUT2D eigenvalue weighted by atomic mass is 10.0. The Hall–Kier alpha value is -3.33. The third kappa shape index (κ3) is 85.6. The molecule has 0 aliphatic rings. The highest BCUT2D eigenvalue weighted by Gasteiger charge is 2.27. The van der Waals surface area contributed by atoms with Crippen molar-refractivity contribution >= 4 is 19.8 Å². The second kappa shape index (κ2) is 81.7. The number of allylic oxidation sites excluding steroid dienone is 18. The predicted octanol–water partition coefficient (Wildman–Crippen LogP) is 29.5. The van der Waals surface area contributed by atoms with Crippen LogP contribution in [0, 0.1) is 0 Å². The second-order valence-electron chi connectivity index (χ2n) is 30.6. The second-order valence-corrected chi connectivity index (χ2v) is 32.0. The first kappa shape index (κ1) is 98.7. The normalized spacial score (nSPS) is 13.5. The molecule has 9 nitrogen and oxygen atoms in total. The van der Waals surface area contributed by atoms with Crippen LogP contribution in [0.3, 0.4) is 0 Å². The molecule has 0 heterocycles. The molecule has 0 aliphatic carbocycles. The molecule has 0 bridgehead atoms. The number of ether oxygens (including phenoxy) is 2. The van der Waals surface area contributed by atoms with E-state index < -0.39 is 26.5 Å². The number of hydrogen-bond acceptors (Lipinski definition) is 7. The van der Waals surface area contributed by atoms with Crippen LogP contribution < -0.4 is 0 Å². The molecule has 0 radical (unpaired) electrons. The molecule has 0 saturated heterocycles. The van der Waals surface area contributed by atoms with Gasteiger partial charge >= 0.3 is 19.8 Å². The molecule has 0 rings (SSSR count). The minimum Gasteiger partial charge on any atom is -0.462 e. The Labute approximate surface area is 633 Å². The molecule has 0 aromatic rings. The minimum atomic E-state index is -4.40. The number of phosphoric ester groups is 1. The van der Waals surface area contributed by atoms with E-state index >= 15 is 0 Å². The SMILES string of the molecule is CC/C=C\C/C=C\C/C=C\C/C=C\C/C=C\C/C=C\C/C=C\C/C=C\C/C=C\CCCCCCCCCCCCCC(=O)OC(COC(=O)CCCCCCCCCCCCCCCCCCCCCCCCCCCCCCCCCCCCCCCCC)COP(=O)(O)OCC[N+](C)(C)C. The van der Waals surface area contributed by atoms with Gasteiger partial charge in [-0.15, -0.1) is 0 Å². The van der Waals surface area contributed by atoms with Crippen molar-refractivity contribution in [2.75, 3.05) is 47.5 Å². The van der Waals surface area contributed by atoms with Gasteiger partial charge < -0.3 is 18.9 Å². The summed E-state index contributed by atoms with van der Waals surface area (Å²) >= 11 is 0. The van der Waals surface area contributed by atoms with Crippen molar-refractivity contribution in [3.05, 3.63) is 109 Å². The number of phosphoric acid groups is 1. The summed E-state index contributed by atoms with van der Waals surface area (Å²) in [6, 6.07) is 0. The lowest BCUT2D eigenvalue weighted by Gasteiger charge is -2.24. The molecule has 10 heteroatoms. The number of quaternary nitrogens is 1. The van der Waals surface area contributed by atoms with Crippen molar-refractivity contribution in [3.8, 4) is 0 Å². The highest BCUT2D eigenvalue weighted by molar-refractivity contribution is 7.47. The Morgan fingerprint density at radius 1 is 0.314 bits per heavy atom. The van der Waals surface area contributed by atoms with Crippen LogP contribution in [0.2, 0.25) is 0 Å². The summed E-state index contributed by atoms with van der Waals surface area (Å²) in [5.74, 6) is -0.787. The number of unbranched alkanes of at least 4 members (excludes halogenated alkanes) is 49. The van der Waals surface area contributed by atoms with Gasteiger partial charge in [0, 0.05) is 12.8 Å². The van der Waals surface area contributed by atoms with E-state index in [0.29, 0.717) is 17.4 Å². The number of likely N-dealkylation sites (N-methyl/N-ethyl adjacent to an activating group) is 1. The molecule has 0 aliphatic heterocycles. The maximum Gasteiger partial charge on any atom is 0.472 e. The number of esters is 2. The Bertz CT molecular complexity index is 2100. The van der Waals surface area contributed by atoms with Crippen LogP contribution in [0.5, 0.6) is 0 Å². The van der Waals surface area contributed by atoms with Crippen LogP contribution in [0.4, 0.5) is 0 Å². The third-order valence-electron chi connectivity index (χ3n) is 19.3. The summed E-state index contributed by atoms with van der Waals surface area (Å²) in [5.41, 5.74) is 0. The van der Waals surface area contributed by atoms with Gasteiger partial charge in [-0.1, -0.05) is 425 Å². The van der Waals surface area contributed by atoms with Gasteiger partial charge in [0.1, 0.15) is 19.8 Å². The smallest absolute Gasteiger partial charge is 0.462 e. The van der Waals surface area contributed by atoms with Crippen LogP contribution in [0.15, 0.2) is 109 Å². The molecular formula is C92H167NO8P+. The van der Waals surface area contributed by atoms with Gasteiger partial charge in [-0.05, 0) is 83.5 Å². The summed E-state index contributed by atoms with van der Waals surface area (Å²) in [7, 11) is 1.48. The molecule has 0 fully saturated rings. The van der Waals surface area contributed by atoms with Crippen LogP contribution in [0.1, 0.15) is 412 Å². The van der Waals surface area contributed by atoms with Crippen molar-refractivity contribution in [3.63, 3.8) is 0 Å². The number of nitrogens with zero attached hydrogens (tertiary/aromatic N) is 1. The van der Waals surface area contributed by atoms with Crippen LogP contribution >= 0.6 is 7.82 Å². The Morgan fingerprint density at radius 2 is 0.559 bits per heavy atom. The zero-order chi connectivity index (χ0) is 74.0. The lowest BCUT2D eigenvalue weighted by molar-refractivity contribution is -0.870. The fourth-order valence-corrected chi connectivity index (χ4v) is 13.5. The first-order valence-electron chi connectivity index (χ1n) is 43.6. The van der Waals surface area contributed by atoms with Crippen molar-refractivity contribution in [1.82, 2.24) is 0 Å². The van der Waals surface area contributed by atoms with Gasteiger partial charge in [0.15, 0.2) is 6.10 Å². The predicted molar refractivity (Wildman–Crippen MR) is 445 cm³/mol. The van der Waals surface area contributed by atoms with E-state index in [4.69, 9.17) is 18.5 Å². The van der Waals surface area contributed by atoms with E-state index in [1.807, 2.05) is 21.1 Å². The molecule has 2 unspecified atom stereocenters. The van der Waals surface area contributed by atoms with E-state index in [2.05, 4.69) is 123 Å². The molecule has 0 amide bonds. The largest absolute Gasteiger partial charge is 0.472 e. The molecule has 0 spiro atoms. The van der Waals surface area contributed by atoms with Crippen LogP contribution in [-0.2, 0) is 32.7 Å². The standard InChI is InChI=1S/C92H166NO8P/c1-6-8-10-12-14-16-18-20-22-24-26-28-30-32-34-36-38-40-42-44-46-48-50-52-54-56-58-60-62-64-66-68-70-72-74-76-78-80-82-84-91(94)98-88-90(89-100-102(96,97)99-87-86-93(3,4)5)101-92(95)85-83-81-79-77-75-73-71-69-67-65-63-61-59-57-55-53-51-49-47-45-43-41-39-37-35-33-31-29-27-25-23-21-19-17-15-13-11-9-7-2/h9,11,15,17,21,23,27,29,33,35,39,41,45,47,51,53,57,59,90H,6-8,10,12-14,16,18-20,22,24-26,28,30-32,34,36-38,40,42-44,46,48-50,52,54-56,58,60-89H2,1-5H3/p+1/b11-9-,17-15-,23-21-,29-27-,35-33-,41-39-,47-45-,53-51-,59-57-. The van der Waals surface area contributed by atoms with Crippen molar-refractivity contribution < 1.29 is 42.1 Å². The van der Waals surface area contributed by atoms with Crippen molar-refractivity contribution in [2.45, 2.75) is 418 Å². The van der Waals surface area contributed by atoms with Gasteiger partial charge in [-0.3, -0.25) is 18.6 Å². The summed E-state index contributed by atoms with van der Waals surface area (Å²) in [4.78, 5) is 36.0. The quantitative estimate of drug-likeness (QED) is 0.0211. The van der Waals surface area contributed by atoms with E-state index in [-0.39, 0.29) is 32.0 Å². The Morgan fingerprint density at radius 3 is 0.833 bits per heavy atom. The topological polar surface area (TPSA) is 108 Å². The Kier molecular flexibility index (Phi) is 79.1. The van der Waals surface area contributed by atoms with E-state index in [0.717, 1.165) is 103 Å². The molecule has 1 N–H and O–H groups in total. The van der Waals surface area contributed by atoms with Gasteiger partial charge in [0.25, 0.3) is 0 Å². The summed E-state index contributed by atoms with van der Waals surface area (Å²) in [5, 5.41) is 0. The number of rotatable bonds is 81. The number of carbonyl (C=O) groups excluding carboxylic acids is 2. The first-order valence-corrected chi connectivity index (χ1v) is 45.1. The third-order valence-corrected chi connectivity index (χ3v) is 20.3. The molecule has 592 valence electrons. The average Bonchev–Trinajstić information content (AvgIpc) is 0.914. The lowest BCUT2D eigenvalue weighted by Crippen LogP contribution is -2.37. The monoisotopic (exact) mass is 1450 g/mol. The maximum absolute atomic E-state index is 12.9. The van der Waals surface area contributed by atoms with Gasteiger partial charge in [0.2, 0.25) is 0 Å². The number of carbonyl (C=O) groups is 2. The fraction of sp³-hybridized carbons (Fsp3) is 0.783. The molecule has 2 atom stereocenters. The van der Waals surface area contributed by atoms with Gasteiger partial charge in [0.05, 0.1) is 27.7 Å². The molecule has 102 heavy (non-hydrogen) atoms. The molecule has 0 saturated carbocycles. The van der Waals surface area contributed by atoms with Crippen LogP contribution in [-0.4, -0.2) is 74.9 Å². The molecule has 0 aromatic heterocycles. The molecule has 0 aromatic carbocycles. The summed E-state index contributed by atoms with van der Waals surface area (Å²) in [6.45, 7) is 4.37. The zero-order valence-electron chi connectivity index (χ0n) is 67.8. The molecular weight excluding hydrogens is 1280 g/mol. The van der Waals surface area contributed by atoms with Crippen LogP contribution in [0.25, 0.3) is 0 Å². The van der Waals surface area contributed by atoms with E-state index in [1.165, 1.54) is 276 Å². The first-order chi connectivity index (χ1) is 50.0. The highest BCUT2D eigenvalue weighted by Crippen LogP contribution is 2.43. The highest BCUT2D eigenvalue weighted by atomic mass is 31.2. The average molecular weight is 1450 g/mol. The van der Waals surface area contributed by atoms with Gasteiger partial charge in [-0.2, -0.15) is 0 Å². The number of hydrogen-bond donors (Lipinski definition) is 1. The van der Waals surface area contributed by atoms with Gasteiger partial charge in [-0.25, -0.2) is 4.57 Å².